The second-order valence-electron chi connectivity index (χ2n) is 6.16. The van der Waals surface area contributed by atoms with Gasteiger partial charge < -0.3 is 4.74 Å². The van der Waals surface area contributed by atoms with Crippen LogP contribution >= 0.6 is 11.8 Å². The second kappa shape index (κ2) is 9.00. The molecule has 0 amide bonds. The monoisotopic (exact) mass is 415 g/mol. The van der Waals surface area contributed by atoms with Gasteiger partial charge in [-0.05, 0) is 37.3 Å². The molecule has 1 atom stereocenters. The number of ether oxygens (including phenoxy) is 1. The molecule has 0 saturated carbocycles. The Morgan fingerprint density at radius 3 is 2.69 bits per heavy atom. The minimum absolute atomic E-state index is 0.101. The highest BCUT2D eigenvalue weighted by Crippen LogP contribution is 2.32. The number of rotatable bonds is 8. The molecular formula is C21H19F2N3O2S. The Hall–Kier alpha value is -3.00. The van der Waals surface area contributed by atoms with E-state index in [1.54, 1.807) is 20.1 Å². The number of ketones is 1. The van der Waals surface area contributed by atoms with Gasteiger partial charge in [0.1, 0.15) is 5.75 Å². The second-order valence-corrected chi connectivity index (χ2v) is 7.47. The van der Waals surface area contributed by atoms with Crippen LogP contribution in [0.5, 0.6) is 5.75 Å². The van der Waals surface area contributed by atoms with E-state index in [1.165, 1.54) is 17.8 Å². The third-order valence-electron chi connectivity index (χ3n) is 4.23. The zero-order valence-corrected chi connectivity index (χ0v) is 16.7. The Bertz CT molecular complexity index is 1050. The number of para-hydroxylation sites is 1. The zero-order chi connectivity index (χ0) is 21.0. The molecule has 0 N–H and O–H groups in total. The number of hydrogen-bond acceptors (Lipinski definition) is 5. The van der Waals surface area contributed by atoms with Crippen LogP contribution in [-0.4, -0.2) is 32.9 Å². The molecule has 150 valence electrons. The van der Waals surface area contributed by atoms with Crippen LogP contribution in [0.15, 0.2) is 60.3 Å². The predicted molar refractivity (Wildman–Crippen MR) is 108 cm³/mol. The van der Waals surface area contributed by atoms with E-state index in [2.05, 4.69) is 16.8 Å². The lowest BCUT2D eigenvalue weighted by Gasteiger charge is -2.13. The number of halogens is 2. The maximum Gasteiger partial charge on any atom is 0.192 e. The van der Waals surface area contributed by atoms with Gasteiger partial charge in [-0.15, -0.1) is 16.8 Å². The lowest BCUT2D eigenvalue weighted by atomic mass is 10.1. The fraction of sp³-hybridized carbons (Fsp3) is 0.190. The Morgan fingerprint density at radius 1 is 1.24 bits per heavy atom. The molecule has 29 heavy (non-hydrogen) atoms. The van der Waals surface area contributed by atoms with Crippen molar-refractivity contribution in [2.45, 2.75) is 23.9 Å². The van der Waals surface area contributed by atoms with E-state index in [9.17, 15) is 13.6 Å². The first-order valence-electron chi connectivity index (χ1n) is 8.79. The molecule has 3 aromatic rings. The van der Waals surface area contributed by atoms with Crippen LogP contribution in [0.25, 0.3) is 11.4 Å². The molecule has 0 unspecified atom stereocenters. The minimum atomic E-state index is -1.05. The van der Waals surface area contributed by atoms with Crippen molar-refractivity contribution in [1.29, 1.82) is 0 Å². The Morgan fingerprint density at radius 2 is 2.00 bits per heavy atom. The number of hydrogen-bond donors (Lipinski definition) is 0. The average molecular weight is 415 g/mol. The standard InChI is InChI=1S/C21H19F2N3O2S/c1-4-11-26-20(15-7-5-6-8-18(15)28-3)24-25-21(26)29-13(2)19(27)14-9-10-16(22)17(23)12-14/h4-10,12-13H,1,11H2,2-3H3/t13-/m0/s1. The van der Waals surface area contributed by atoms with Gasteiger partial charge in [0.25, 0.3) is 0 Å². The SMILES string of the molecule is C=CCn1c(S[C@@H](C)C(=O)c2ccc(F)c(F)c2)nnc1-c1ccccc1OC. The first-order valence-corrected chi connectivity index (χ1v) is 9.67. The van der Waals surface area contributed by atoms with Crippen LogP contribution in [-0.2, 0) is 6.54 Å². The van der Waals surface area contributed by atoms with Crippen molar-refractivity contribution in [1.82, 2.24) is 14.8 Å². The summed E-state index contributed by atoms with van der Waals surface area (Å²) in [6, 6.07) is 10.5. The van der Waals surface area contributed by atoms with Crippen LogP contribution in [0.4, 0.5) is 8.78 Å². The lowest BCUT2D eigenvalue weighted by Crippen LogP contribution is -2.15. The molecule has 0 radical (unpaired) electrons. The number of Topliss-reactive ketones (excluding diaryl/α,β-unsaturated/α-hetero) is 1. The number of aromatic nitrogens is 3. The van der Waals surface area contributed by atoms with Gasteiger partial charge in [0.05, 0.1) is 17.9 Å². The summed E-state index contributed by atoms with van der Waals surface area (Å²) in [6.45, 7) is 5.88. The van der Waals surface area contributed by atoms with E-state index in [0.29, 0.717) is 23.3 Å². The van der Waals surface area contributed by atoms with Crippen molar-refractivity contribution in [2.75, 3.05) is 7.11 Å². The highest BCUT2D eigenvalue weighted by Gasteiger charge is 2.23. The normalized spacial score (nSPS) is 11.9. The fourth-order valence-electron chi connectivity index (χ4n) is 2.79. The summed E-state index contributed by atoms with van der Waals surface area (Å²) in [5.74, 6) is -1.15. The molecule has 0 saturated heterocycles. The molecule has 0 spiro atoms. The molecule has 0 bridgehead atoms. The van der Waals surface area contributed by atoms with Crippen LogP contribution in [0.1, 0.15) is 17.3 Å². The van der Waals surface area contributed by atoms with Crippen LogP contribution in [0, 0.1) is 11.6 Å². The van der Waals surface area contributed by atoms with E-state index in [-0.39, 0.29) is 11.3 Å². The highest BCUT2D eigenvalue weighted by atomic mass is 32.2. The van der Waals surface area contributed by atoms with Crippen LogP contribution in [0.3, 0.4) is 0 Å². The molecule has 0 aliphatic heterocycles. The number of nitrogens with zero attached hydrogens (tertiary/aromatic N) is 3. The summed E-state index contributed by atoms with van der Waals surface area (Å²) in [4.78, 5) is 12.7. The molecule has 1 heterocycles. The Kier molecular flexibility index (Phi) is 6.43. The van der Waals surface area contributed by atoms with E-state index >= 15 is 0 Å². The van der Waals surface area contributed by atoms with Crippen molar-refractivity contribution in [3.8, 4) is 17.1 Å². The first kappa shape index (κ1) is 20.7. The number of benzene rings is 2. The number of methoxy groups -OCH3 is 1. The van der Waals surface area contributed by atoms with Crippen molar-refractivity contribution in [3.05, 3.63) is 72.3 Å². The summed E-state index contributed by atoms with van der Waals surface area (Å²) in [5.41, 5.74) is 0.861. The van der Waals surface area contributed by atoms with Gasteiger partial charge in [-0.1, -0.05) is 30.0 Å². The van der Waals surface area contributed by atoms with Gasteiger partial charge in [0.15, 0.2) is 28.4 Å². The smallest absolute Gasteiger partial charge is 0.192 e. The van der Waals surface area contributed by atoms with Crippen molar-refractivity contribution in [2.24, 2.45) is 0 Å². The lowest BCUT2D eigenvalue weighted by molar-refractivity contribution is 0.0993. The molecule has 0 aliphatic carbocycles. The zero-order valence-electron chi connectivity index (χ0n) is 15.9. The van der Waals surface area contributed by atoms with Gasteiger partial charge in [0, 0.05) is 12.1 Å². The highest BCUT2D eigenvalue weighted by molar-refractivity contribution is 8.00. The largest absolute Gasteiger partial charge is 0.496 e. The summed E-state index contributed by atoms with van der Waals surface area (Å²) in [6.07, 6.45) is 1.70. The summed E-state index contributed by atoms with van der Waals surface area (Å²) in [5, 5.41) is 8.41. The topological polar surface area (TPSA) is 57.0 Å². The quantitative estimate of drug-likeness (QED) is 0.301. The number of thioether (sulfide) groups is 1. The third kappa shape index (κ3) is 4.37. The molecular weight excluding hydrogens is 396 g/mol. The van der Waals surface area contributed by atoms with Crippen LogP contribution in [0.2, 0.25) is 0 Å². The molecule has 8 heteroatoms. The van der Waals surface area contributed by atoms with Gasteiger partial charge in [0.2, 0.25) is 0 Å². The van der Waals surface area contributed by atoms with E-state index in [4.69, 9.17) is 4.74 Å². The van der Waals surface area contributed by atoms with Crippen LogP contribution < -0.4 is 4.74 Å². The van der Waals surface area contributed by atoms with Crippen molar-refractivity contribution >= 4 is 17.5 Å². The van der Waals surface area contributed by atoms with Crippen molar-refractivity contribution in [3.63, 3.8) is 0 Å². The average Bonchev–Trinajstić information content (AvgIpc) is 3.11. The molecule has 5 nitrogen and oxygen atoms in total. The molecule has 2 aromatic carbocycles. The summed E-state index contributed by atoms with van der Waals surface area (Å²) >= 11 is 1.19. The minimum Gasteiger partial charge on any atom is -0.496 e. The van der Waals surface area contributed by atoms with Gasteiger partial charge in [-0.2, -0.15) is 0 Å². The predicted octanol–water partition coefficient (Wildman–Crippen LogP) is 4.78. The first-order chi connectivity index (χ1) is 14.0. The number of allylic oxidation sites excluding steroid dienone is 1. The fourth-order valence-corrected chi connectivity index (χ4v) is 3.73. The van der Waals surface area contributed by atoms with Gasteiger partial charge >= 0.3 is 0 Å². The van der Waals surface area contributed by atoms with Crippen molar-refractivity contribution < 1.29 is 18.3 Å². The molecule has 0 fully saturated rings. The van der Waals surface area contributed by atoms with E-state index in [1.807, 2.05) is 28.8 Å². The van der Waals surface area contributed by atoms with E-state index in [0.717, 1.165) is 17.7 Å². The number of carbonyl (C=O) groups is 1. The van der Waals surface area contributed by atoms with Gasteiger partial charge in [-0.3, -0.25) is 9.36 Å². The maximum atomic E-state index is 13.5. The third-order valence-corrected chi connectivity index (χ3v) is 5.31. The Balaban J connectivity index is 1.90. The molecule has 1 aromatic heterocycles. The molecule has 0 aliphatic rings. The van der Waals surface area contributed by atoms with E-state index < -0.39 is 16.9 Å². The van der Waals surface area contributed by atoms with Gasteiger partial charge in [-0.25, -0.2) is 8.78 Å². The Labute approximate surface area is 171 Å². The molecule has 3 rings (SSSR count). The maximum absolute atomic E-state index is 13.5. The summed E-state index contributed by atoms with van der Waals surface area (Å²) in [7, 11) is 1.57. The number of carbonyl (C=O) groups excluding carboxylic acids is 1. The summed E-state index contributed by atoms with van der Waals surface area (Å²) < 4.78 is 33.8.